The van der Waals surface area contributed by atoms with Gasteiger partial charge in [0.05, 0.1) is 0 Å². The highest BCUT2D eigenvalue weighted by atomic mass is 15.0. The normalized spacial score (nSPS) is 11.2. The summed E-state index contributed by atoms with van der Waals surface area (Å²) in [6, 6.07) is 13.3. The number of hydrogen-bond acceptors (Lipinski definition) is 1. The second kappa shape index (κ2) is 5.40. The van der Waals surface area contributed by atoms with E-state index in [1.165, 1.54) is 22.6 Å². The molecule has 0 saturated carbocycles. The quantitative estimate of drug-likeness (QED) is 0.867. The summed E-state index contributed by atoms with van der Waals surface area (Å²) < 4.78 is 2.32. The van der Waals surface area contributed by atoms with Gasteiger partial charge in [-0.05, 0) is 37.6 Å². The number of nitrogens with one attached hydrogen (secondary N) is 1. The zero-order chi connectivity index (χ0) is 13.1. The fourth-order valence-corrected chi connectivity index (χ4v) is 2.30. The Morgan fingerprint density at radius 2 is 1.78 bits per heavy atom. The van der Waals surface area contributed by atoms with Crippen molar-refractivity contribution in [2.75, 3.05) is 0 Å². The number of rotatable bonds is 4. The molecule has 2 heteroatoms. The molecule has 2 aromatic rings. The summed E-state index contributed by atoms with van der Waals surface area (Å²) in [5.74, 6) is 0. The maximum atomic E-state index is 3.48. The fourth-order valence-electron chi connectivity index (χ4n) is 2.30. The Balaban J connectivity index is 2.33. The molecule has 2 rings (SSSR count). The zero-order valence-electron chi connectivity index (χ0n) is 11.7. The van der Waals surface area contributed by atoms with Crippen LogP contribution in [-0.2, 0) is 6.54 Å². The van der Waals surface area contributed by atoms with Crippen molar-refractivity contribution in [1.29, 1.82) is 0 Å². The van der Waals surface area contributed by atoms with Crippen LogP contribution in [0.4, 0.5) is 0 Å². The number of hydrogen-bond donors (Lipinski definition) is 1. The molecule has 0 radical (unpaired) electrons. The Hall–Kier alpha value is -1.54. The molecule has 0 amide bonds. The van der Waals surface area contributed by atoms with Crippen molar-refractivity contribution in [1.82, 2.24) is 9.88 Å². The summed E-state index contributed by atoms with van der Waals surface area (Å²) >= 11 is 0. The molecule has 0 aliphatic carbocycles. The Bertz CT molecular complexity index is 509. The van der Waals surface area contributed by atoms with Gasteiger partial charge in [-0.1, -0.05) is 32.0 Å². The summed E-state index contributed by atoms with van der Waals surface area (Å²) in [6.07, 6.45) is 0. The van der Waals surface area contributed by atoms with Crippen molar-refractivity contribution in [3.8, 4) is 5.69 Å². The standard InChI is InChI=1S/C16H22N2/c1-12(2)17-11-15-10-13(3)18(14(15)4)16-8-6-5-7-9-16/h5-10,12,17H,11H2,1-4H3. The minimum Gasteiger partial charge on any atom is -0.318 e. The smallest absolute Gasteiger partial charge is 0.0455 e. The molecule has 0 saturated heterocycles. The van der Waals surface area contributed by atoms with E-state index < -0.39 is 0 Å². The minimum atomic E-state index is 0.518. The van der Waals surface area contributed by atoms with Crippen molar-refractivity contribution in [3.63, 3.8) is 0 Å². The van der Waals surface area contributed by atoms with E-state index in [9.17, 15) is 0 Å². The second-order valence-electron chi connectivity index (χ2n) is 5.10. The monoisotopic (exact) mass is 242 g/mol. The Labute approximate surface area is 110 Å². The van der Waals surface area contributed by atoms with E-state index in [2.05, 4.69) is 74.0 Å². The Morgan fingerprint density at radius 1 is 1.11 bits per heavy atom. The van der Waals surface area contributed by atoms with Gasteiger partial charge in [-0.15, -0.1) is 0 Å². The summed E-state index contributed by atoms with van der Waals surface area (Å²) in [5, 5.41) is 3.48. The summed E-state index contributed by atoms with van der Waals surface area (Å²) in [6.45, 7) is 9.65. The van der Waals surface area contributed by atoms with Crippen LogP contribution in [-0.4, -0.2) is 10.6 Å². The number of benzene rings is 1. The van der Waals surface area contributed by atoms with Crippen molar-refractivity contribution >= 4 is 0 Å². The molecule has 1 aromatic carbocycles. The lowest BCUT2D eigenvalue weighted by Crippen LogP contribution is -2.22. The van der Waals surface area contributed by atoms with E-state index in [-0.39, 0.29) is 0 Å². The molecule has 2 nitrogen and oxygen atoms in total. The first-order valence-electron chi connectivity index (χ1n) is 6.56. The Morgan fingerprint density at radius 3 is 2.39 bits per heavy atom. The molecule has 0 atom stereocenters. The van der Waals surface area contributed by atoms with Crippen LogP contribution < -0.4 is 5.32 Å². The summed E-state index contributed by atoms with van der Waals surface area (Å²) in [5.41, 5.74) is 5.24. The lowest BCUT2D eigenvalue weighted by atomic mass is 10.2. The highest BCUT2D eigenvalue weighted by molar-refractivity contribution is 5.40. The molecule has 1 N–H and O–H groups in total. The van der Waals surface area contributed by atoms with Gasteiger partial charge in [0.25, 0.3) is 0 Å². The fraction of sp³-hybridized carbons (Fsp3) is 0.375. The van der Waals surface area contributed by atoms with Gasteiger partial charge in [-0.3, -0.25) is 0 Å². The molecule has 0 unspecified atom stereocenters. The van der Waals surface area contributed by atoms with E-state index in [0.717, 1.165) is 6.54 Å². The van der Waals surface area contributed by atoms with Gasteiger partial charge in [0.1, 0.15) is 0 Å². The van der Waals surface area contributed by atoms with Crippen molar-refractivity contribution in [2.24, 2.45) is 0 Å². The SMILES string of the molecule is Cc1cc(CNC(C)C)c(C)n1-c1ccccc1. The van der Waals surface area contributed by atoms with Crippen LogP contribution in [0.3, 0.4) is 0 Å². The van der Waals surface area contributed by atoms with Crippen LogP contribution in [0.5, 0.6) is 0 Å². The van der Waals surface area contributed by atoms with Crippen molar-refractivity contribution in [2.45, 2.75) is 40.3 Å². The number of nitrogens with zero attached hydrogens (tertiary/aromatic N) is 1. The topological polar surface area (TPSA) is 17.0 Å². The second-order valence-corrected chi connectivity index (χ2v) is 5.10. The van der Waals surface area contributed by atoms with E-state index in [0.29, 0.717) is 6.04 Å². The minimum absolute atomic E-state index is 0.518. The van der Waals surface area contributed by atoms with Gasteiger partial charge in [-0.2, -0.15) is 0 Å². The summed E-state index contributed by atoms with van der Waals surface area (Å²) in [7, 11) is 0. The molecular formula is C16H22N2. The third kappa shape index (κ3) is 2.65. The molecular weight excluding hydrogens is 220 g/mol. The Kier molecular flexibility index (Phi) is 3.87. The third-order valence-corrected chi connectivity index (χ3v) is 3.25. The lowest BCUT2D eigenvalue weighted by molar-refractivity contribution is 0.587. The molecule has 18 heavy (non-hydrogen) atoms. The maximum Gasteiger partial charge on any atom is 0.0455 e. The van der Waals surface area contributed by atoms with Gasteiger partial charge in [0.15, 0.2) is 0 Å². The largest absolute Gasteiger partial charge is 0.318 e. The molecule has 0 spiro atoms. The molecule has 96 valence electrons. The predicted molar refractivity (Wildman–Crippen MR) is 77.2 cm³/mol. The van der Waals surface area contributed by atoms with Crippen LogP contribution in [0, 0.1) is 13.8 Å². The lowest BCUT2D eigenvalue weighted by Gasteiger charge is -2.11. The third-order valence-electron chi connectivity index (χ3n) is 3.25. The van der Waals surface area contributed by atoms with Gasteiger partial charge >= 0.3 is 0 Å². The van der Waals surface area contributed by atoms with Crippen LogP contribution in [0.15, 0.2) is 36.4 Å². The highest BCUT2D eigenvalue weighted by Gasteiger charge is 2.10. The van der Waals surface area contributed by atoms with E-state index in [4.69, 9.17) is 0 Å². The average molecular weight is 242 g/mol. The predicted octanol–water partition coefficient (Wildman–Crippen LogP) is 3.59. The number of para-hydroxylation sites is 1. The zero-order valence-corrected chi connectivity index (χ0v) is 11.7. The van der Waals surface area contributed by atoms with Gasteiger partial charge in [0.2, 0.25) is 0 Å². The van der Waals surface area contributed by atoms with E-state index in [1.807, 2.05) is 0 Å². The maximum absolute atomic E-state index is 3.48. The molecule has 0 aliphatic rings. The van der Waals surface area contributed by atoms with Crippen molar-refractivity contribution < 1.29 is 0 Å². The van der Waals surface area contributed by atoms with E-state index in [1.54, 1.807) is 0 Å². The van der Waals surface area contributed by atoms with Gasteiger partial charge in [0, 0.05) is 29.7 Å². The van der Waals surface area contributed by atoms with Crippen molar-refractivity contribution in [3.05, 3.63) is 53.3 Å². The number of aryl methyl sites for hydroxylation is 1. The first-order valence-corrected chi connectivity index (χ1v) is 6.56. The molecule has 0 bridgehead atoms. The van der Waals surface area contributed by atoms with Crippen LogP contribution in [0.1, 0.15) is 30.8 Å². The first kappa shape index (κ1) is 12.9. The molecule has 1 aromatic heterocycles. The molecule has 0 aliphatic heterocycles. The van der Waals surface area contributed by atoms with Gasteiger partial charge < -0.3 is 9.88 Å². The van der Waals surface area contributed by atoms with Crippen LogP contribution >= 0.6 is 0 Å². The first-order chi connectivity index (χ1) is 8.59. The van der Waals surface area contributed by atoms with Crippen LogP contribution in [0.25, 0.3) is 5.69 Å². The van der Waals surface area contributed by atoms with Crippen LogP contribution in [0.2, 0.25) is 0 Å². The highest BCUT2D eigenvalue weighted by Crippen LogP contribution is 2.20. The summed E-state index contributed by atoms with van der Waals surface area (Å²) in [4.78, 5) is 0. The number of aromatic nitrogens is 1. The average Bonchev–Trinajstić information content (AvgIpc) is 2.63. The van der Waals surface area contributed by atoms with E-state index >= 15 is 0 Å². The molecule has 0 fully saturated rings. The van der Waals surface area contributed by atoms with Gasteiger partial charge in [-0.25, -0.2) is 0 Å². The molecule has 1 heterocycles.